The van der Waals surface area contributed by atoms with Crippen LogP contribution in [0.4, 0.5) is 5.69 Å². The molecular weight excluding hydrogens is 373 g/mol. The Bertz CT molecular complexity index is 518. The molecule has 0 saturated carbocycles. The monoisotopic (exact) mass is 389 g/mol. The summed E-state index contributed by atoms with van der Waals surface area (Å²) in [7, 11) is 0. The van der Waals surface area contributed by atoms with Crippen molar-refractivity contribution in [1.29, 1.82) is 0 Å². The Morgan fingerprint density at radius 3 is 2.95 bits per heavy atom. The van der Waals surface area contributed by atoms with Crippen molar-refractivity contribution in [2.45, 2.75) is 20.3 Å². The maximum Gasteiger partial charge on any atom is 0.227 e. The summed E-state index contributed by atoms with van der Waals surface area (Å²) in [6.45, 7) is 4.32. The van der Waals surface area contributed by atoms with E-state index < -0.39 is 0 Å². The van der Waals surface area contributed by atoms with Gasteiger partial charge in [-0.3, -0.25) is 9.59 Å². The van der Waals surface area contributed by atoms with E-state index in [2.05, 4.69) is 22.6 Å². The zero-order valence-electron chi connectivity index (χ0n) is 11.0. The number of rotatable bonds is 3. The van der Waals surface area contributed by atoms with Crippen molar-refractivity contribution in [2.75, 3.05) is 17.2 Å². The van der Waals surface area contributed by atoms with Crippen molar-refractivity contribution in [3.05, 3.63) is 27.3 Å². The highest BCUT2D eigenvalue weighted by Crippen LogP contribution is 2.30. The topological polar surface area (TPSA) is 37.4 Å². The molecule has 0 radical (unpaired) electrons. The SMILES string of the molecule is CC(=O)SCC1CC(=O)N(c2cc(I)ccc2C)C1. The van der Waals surface area contributed by atoms with E-state index in [4.69, 9.17) is 0 Å². The molecule has 1 heterocycles. The molecule has 0 N–H and O–H groups in total. The Hall–Kier alpha value is -0.560. The minimum atomic E-state index is 0.122. The van der Waals surface area contributed by atoms with Gasteiger partial charge in [0.05, 0.1) is 0 Å². The highest BCUT2D eigenvalue weighted by molar-refractivity contribution is 14.1. The molecule has 1 atom stereocenters. The third-order valence-corrected chi connectivity index (χ3v) is 4.90. The summed E-state index contributed by atoms with van der Waals surface area (Å²) < 4.78 is 1.13. The van der Waals surface area contributed by atoms with Gasteiger partial charge in [-0.05, 0) is 53.1 Å². The summed E-state index contributed by atoms with van der Waals surface area (Å²) in [5, 5.41) is 0.122. The Kier molecular flexibility index (Phi) is 4.89. The lowest BCUT2D eigenvalue weighted by molar-refractivity contribution is -0.117. The number of carbonyl (C=O) groups is 2. The molecule has 1 amide bonds. The van der Waals surface area contributed by atoms with E-state index in [-0.39, 0.29) is 16.9 Å². The van der Waals surface area contributed by atoms with Crippen LogP contribution in [0, 0.1) is 16.4 Å². The third-order valence-electron chi connectivity index (χ3n) is 3.19. The fourth-order valence-electron chi connectivity index (χ4n) is 2.23. The summed E-state index contributed by atoms with van der Waals surface area (Å²) in [5.41, 5.74) is 2.13. The molecule has 1 unspecified atom stereocenters. The minimum Gasteiger partial charge on any atom is -0.312 e. The Balaban J connectivity index is 2.11. The smallest absolute Gasteiger partial charge is 0.227 e. The van der Waals surface area contributed by atoms with Gasteiger partial charge in [-0.1, -0.05) is 17.8 Å². The van der Waals surface area contributed by atoms with E-state index >= 15 is 0 Å². The van der Waals surface area contributed by atoms with Gasteiger partial charge < -0.3 is 4.90 Å². The van der Waals surface area contributed by atoms with Crippen LogP contribution >= 0.6 is 34.4 Å². The normalized spacial score (nSPS) is 19.0. The third kappa shape index (κ3) is 3.72. The van der Waals surface area contributed by atoms with Gasteiger partial charge in [-0.2, -0.15) is 0 Å². The molecule has 1 aliphatic rings. The van der Waals surface area contributed by atoms with Crippen molar-refractivity contribution in [3.63, 3.8) is 0 Å². The van der Waals surface area contributed by atoms with E-state index in [1.807, 2.05) is 30.0 Å². The molecule has 1 fully saturated rings. The van der Waals surface area contributed by atoms with Crippen molar-refractivity contribution in [1.82, 2.24) is 0 Å². The van der Waals surface area contributed by atoms with Crippen molar-refractivity contribution >= 4 is 51.1 Å². The van der Waals surface area contributed by atoms with Crippen LogP contribution in [0.1, 0.15) is 18.9 Å². The van der Waals surface area contributed by atoms with E-state index in [0.717, 1.165) is 27.1 Å². The van der Waals surface area contributed by atoms with Crippen LogP contribution in [0.5, 0.6) is 0 Å². The van der Waals surface area contributed by atoms with Gasteiger partial charge in [-0.15, -0.1) is 0 Å². The summed E-state index contributed by atoms with van der Waals surface area (Å²) in [6, 6.07) is 6.14. The molecule has 1 saturated heterocycles. The first-order chi connectivity index (χ1) is 8.97. The molecule has 0 spiro atoms. The Morgan fingerprint density at radius 1 is 1.53 bits per heavy atom. The van der Waals surface area contributed by atoms with Gasteiger partial charge in [-0.25, -0.2) is 0 Å². The van der Waals surface area contributed by atoms with Crippen LogP contribution in [0.15, 0.2) is 18.2 Å². The Morgan fingerprint density at radius 2 is 2.26 bits per heavy atom. The second-order valence-corrected chi connectivity index (χ2v) is 7.25. The van der Waals surface area contributed by atoms with Gasteiger partial charge >= 0.3 is 0 Å². The predicted octanol–water partition coefficient (Wildman–Crippen LogP) is 3.23. The second-order valence-electron chi connectivity index (χ2n) is 4.81. The lowest BCUT2D eigenvalue weighted by Crippen LogP contribution is -2.25. The average Bonchev–Trinajstić information content (AvgIpc) is 2.71. The maximum atomic E-state index is 12.1. The van der Waals surface area contributed by atoms with Crippen molar-refractivity contribution in [3.8, 4) is 0 Å². The number of aryl methyl sites for hydroxylation is 1. The number of benzene rings is 1. The molecule has 1 aromatic rings. The van der Waals surface area contributed by atoms with Crippen LogP contribution in [0.25, 0.3) is 0 Å². The zero-order chi connectivity index (χ0) is 14.0. The summed E-state index contributed by atoms with van der Waals surface area (Å²) >= 11 is 3.58. The Labute approximate surface area is 131 Å². The van der Waals surface area contributed by atoms with Crippen molar-refractivity contribution in [2.24, 2.45) is 5.92 Å². The lowest BCUT2D eigenvalue weighted by atomic mass is 10.1. The van der Waals surface area contributed by atoms with Gasteiger partial charge in [0.25, 0.3) is 0 Å². The van der Waals surface area contributed by atoms with Crippen LogP contribution in [-0.2, 0) is 9.59 Å². The van der Waals surface area contributed by atoms with E-state index in [1.165, 1.54) is 11.8 Å². The molecule has 5 heteroatoms. The fraction of sp³-hybridized carbons (Fsp3) is 0.429. The first kappa shape index (κ1) is 14.8. The molecule has 1 aliphatic heterocycles. The van der Waals surface area contributed by atoms with Crippen LogP contribution in [0.3, 0.4) is 0 Å². The van der Waals surface area contributed by atoms with Crippen LogP contribution in [0.2, 0.25) is 0 Å². The van der Waals surface area contributed by atoms with E-state index in [1.54, 1.807) is 6.92 Å². The number of hydrogen-bond donors (Lipinski definition) is 0. The van der Waals surface area contributed by atoms with Gasteiger partial charge in [0.1, 0.15) is 0 Å². The van der Waals surface area contributed by atoms with Gasteiger partial charge in [0, 0.05) is 34.9 Å². The van der Waals surface area contributed by atoms with Crippen LogP contribution in [-0.4, -0.2) is 23.3 Å². The summed E-state index contributed by atoms with van der Waals surface area (Å²) in [4.78, 5) is 25.0. The highest BCUT2D eigenvalue weighted by Gasteiger charge is 2.31. The lowest BCUT2D eigenvalue weighted by Gasteiger charge is -2.19. The number of anilines is 1. The van der Waals surface area contributed by atoms with Crippen LogP contribution < -0.4 is 4.90 Å². The van der Waals surface area contributed by atoms with Gasteiger partial charge in [0.2, 0.25) is 5.91 Å². The predicted molar refractivity (Wildman–Crippen MR) is 87.5 cm³/mol. The quantitative estimate of drug-likeness (QED) is 0.745. The number of thioether (sulfide) groups is 1. The standard InChI is InChI=1S/C14H16INO2S/c1-9-3-4-12(15)6-13(9)16-7-11(5-14(16)18)8-19-10(2)17/h3-4,6,11H,5,7-8H2,1-2H3. The molecule has 102 valence electrons. The average molecular weight is 389 g/mol. The molecule has 2 rings (SSSR count). The first-order valence-electron chi connectivity index (χ1n) is 6.17. The second kappa shape index (κ2) is 6.26. The summed E-state index contributed by atoms with van der Waals surface area (Å²) in [6.07, 6.45) is 0.547. The number of amides is 1. The number of hydrogen-bond acceptors (Lipinski definition) is 3. The maximum absolute atomic E-state index is 12.1. The van der Waals surface area contributed by atoms with Crippen molar-refractivity contribution < 1.29 is 9.59 Å². The minimum absolute atomic E-state index is 0.122. The highest BCUT2D eigenvalue weighted by atomic mass is 127. The van der Waals surface area contributed by atoms with Gasteiger partial charge in [0.15, 0.2) is 5.12 Å². The number of carbonyl (C=O) groups excluding carboxylic acids is 2. The fourth-order valence-corrected chi connectivity index (χ4v) is 3.40. The zero-order valence-corrected chi connectivity index (χ0v) is 14.0. The molecule has 0 aromatic heterocycles. The van der Waals surface area contributed by atoms with E-state index in [9.17, 15) is 9.59 Å². The van der Waals surface area contributed by atoms with E-state index in [0.29, 0.717) is 6.42 Å². The number of nitrogens with zero attached hydrogens (tertiary/aromatic N) is 1. The first-order valence-corrected chi connectivity index (χ1v) is 8.23. The summed E-state index contributed by atoms with van der Waals surface area (Å²) in [5.74, 6) is 1.18. The number of halogens is 1. The molecule has 19 heavy (non-hydrogen) atoms. The largest absolute Gasteiger partial charge is 0.312 e. The molecule has 0 bridgehead atoms. The molecular formula is C14H16INO2S. The molecule has 3 nitrogen and oxygen atoms in total. The molecule has 0 aliphatic carbocycles. The molecule has 1 aromatic carbocycles.